The predicted molar refractivity (Wildman–Crippen MR) is 129 cm³/mol. The lowest BCUT2D eigenvalue weighted by atomic mass is 9.86. The van der Waals surface area contributed by atoms with E-state index in [1.54, 1.807) is 16.6 Å². The average molecular weight is 485 g/mol. The molecule has 2 atom stereocenters. The monoisotopic (exact) mass is 484 g/mol. The first-order valence-electron chi connectivity index (χ1n) is 11.9. The molecule has 2 unspecified atom stereocenters. The van der Waals surface area contributed by atoms with Gasteiger partial charge in [0.05, 0.1) is 11.6 Å². The van der Waals surface area contributed by atoms with Crippen molar-refractivity contribution in [2.45, 2.75) is 59.0 Å². The van der Waals surface area contributed by atoms with Crippen LogP contribution in [0.25, 0.3) is 10.9 Å². The number of amides is 3. The standard InChI is InChI=1S/C25H33FN6O3/c1-25(2,3)22(24(35)28-14-16-12-20(33)31(4)15-16)29-23(34)21-18-9-8-17(26)13-19(18)32(30-21)11-7-5-6-10-27/h8-9,13,16,22H,5-7,11-12,14-15H2,1-4H3,(H,28,35)(H,29,34). The molecule has 9 nitrogen and oxygen atoms in total. The number of rotatable bonds is 9. The van der Waals surface area contributed by atoms with Crippen molar-refractivity contribution < 1.29 is 18.8 Å². The number of nitrogens with zero attached hydrogens (tertiary/aromatic N) is 4. The normalized spacial score (nSPS) is 16.9. The number of likely N-dealkylation sites (tertiary alicyclic amines) is 1. The van der Waals surface area contributed by atoms with E-state index in [0.29, 0.717) is 56.2 Å². The molecule has 1 aliphatic rings. The minimum Gasteiger partial charge on any atom is -0.354 e. The van der Waals surface area contributed by atoms with Crippen LogP contribution in [-0.4, -0.2) is 58.6 Å². The molecule has 2 N–H and O–H groups in total. The molecule has 3 rings (SSSR count). The number of halogens is 1. The largest absolute Gasteiger partial charge is 0.354 e. The molecule has 0 spiro atoms. The molecule has 1 fully saturated rings. The molecule has 3 amide bonds. The summed E-state index contributed by atoms with van der Waals surface area (Å²) in [6.07, 6.45) is 2.13. The number of aryl methyl sites for hydroxylation is 1. The predicted octanol–water partition coefficient (Wildman–Crippen LogP) is 2.61. The van der Waals surface area contributed by atoms with Crippen LogP contribution in [0.1, 0.15) is 56.9 Å². The highest BCUT2D eigenvalue weighted by Crippen LogP contribution is 2.24. The van der Waals surface area contributed by atoms with E-state index in [2.05, 4.69) is 21.8 Å². The van der Waals surface area contributed by atoms with Crippen molar-refractivity contribution in [3.8, 4) is 6.07 Å². The van der Waals surface area contributed by atoms with Crippen molar-refractivity contribution in [1.82, 2.24) is 25.3 Å². The zero-order valence-electron chi connectivity index (χ0n) is 20.7. The number of nitrogens with one attached hydrogen (secondary N) is 2. The Hall–Kier alpha value is -3.48. The summed E-state index contributed by atoms with van der Waals surface area (Å²) in [5.41, 5.74) is 0.00769. The van der Waals surface area contributed by atoms with Gasteiger partial charge in [0.25, 0.3) is 5.91 Å². The number of carbonyl (C=O) groups is 3. The third-order valence-electron chi connectivity index (χ3n) is 6.23. The Morgan fingerprint density at radius 1 is 1.31 bits per heavy atom. The fourth-order valence-electron chi connectivity index (χ4n) is 4.27. The maximum atomic E-state index is 13.9. The van der Waals surface area contributed by atoms with Gasteiger partial charge in [-0.05, 0) is 36.5 Å². The number of hydrogen-bond donors (Lipinski definition) is 2. The molecular weight excluding hydrogens is 451 g/mol. The highest BCUT2D eigenvalue weighted by molar-refractivity contribution is 6.06. The zero-order valence-corrected chi connectivity index (χ0v) is 20.7. The fraction of sp³-hybridized carbons (Fsp3) is 0.560. The van der Waals surface area contributed by atoms with E-state index in [0.717, 1.165) is 0 Å². The topological polar surface area (TPSA) is 120 Å². The summed E-state index contributed by atoms with van der Waals surface area (Å²) in [6.45, 7) is 6.92. The first kappa shape index (κ1) is 26.1. The van der Waals surface area contributed by atoms with Crippen LogP contribution in [0.2, 0.25) is 0 Å². The second-order valence-electron chi connectivity index (χ2n) is 10.2. The second kappa shape index (κ2) is 10.8. The lowest BCUT2D eigenvalue weighted by Gasteiger charge is -2.30. The van der Waals surface area contributed by atoms with E-state index in [4.69, 9.17) is 5.26 Å². The Kier molecular flexibility index (Phi) is 8.10. The number of unbranched alkanes of at least 4 members (excludes halogenated alkanes) is 2. The molecular formula is C25H33FN6O3. The van der Waals surface area contributed by atoms with Crippen molar-refractivity contribution in [1.29, 1.82) is 5.26 Å². The Balaban J connectivity index is 1.77. The highest BCUT2D eigenvalue weighted by atomic mass is 19.1. The summed E-state index contributed by atoms with van der Waals surface area (Å²) < 4.78 is 15.5. The number of nitriles is 1. The molecule has 0 aliphatic carbocycles. The minimum absolute atomic E-state index is 0.0309. The number of carbonyl (C=O) groups excluding carboxylic acids is 3. The number of benzene rings is 1. The molecule has 2 aromatic rings. The van der Waals surface area contributed by atoms with Gasteiger partial charge in [0, 0.05) is 50.8 Å². The van der Waals surface area contributed by atoms with Gasteiger partial charge in [-0.15, -0.1) is 0 Å². The van der Waals surface area contributed by atoms with Crippen LogP contribution < -0.4 is 10.6 Å². The first-order valence-corrected chi connectivity index (χ1v) is 11.9. The van der Waals surface area contributed by atoms with Gasteiger partial charge in [-0.2, -0.15) is 10.4 Å². The molecule has 1 aromatic carbocycles. The third-order valence-corrected chi connectivity index (χ3v) is 6.23. The molecule has 0 radical (unpaired) electrons. The van der Waals surface area contributed by atoms with Gasteiger partial charge in [-0.1, -0.05) is 20.8 Å². The second-order valence-corrected chi connectivity index (χ2v) is 10.2. The zero-order chi connectivity index (χ0) is 25.8. The number of hydrogen-bond acceptors (Lipinski definition) is 5. The lowest BCUT2D eigenvalue weighted by Crippen LogP contribution is -2.54. The number of fused-ring (bicyclic) bond motifs is 1. The first-order chi connectivity index (χ1) is 16.5. The van der Waals surface area contributed by atoms with E-state index in [9.17, 15) is 18.8 Å². The van der Waals surface area contributed by atoms with Gasteiger partial charge >= 0.3 is 0 Å². The fourth-order valence-corrected chi connectivity index (χ4v) is 4.27. The Morgan fingerprint density at radius 2 is 2.06 bits per heavy atom. The summed E-state index contributed by atoms with van der Waals surface area (Å²) in [4.78, 5) is 39.8. The Labute approximate surface area is 204 Å². The van der Waals surface area contributed by atoms with Gasteiger partial charge in [0.15, 0.2) is 5.69 Å². The van der Waals surface area contributed by atoms with Gasteiger partial charge in [-0.3, -0.25) is 19.1 Å². The highest BCUT2D eigenvalue weighted by Gasteiger charge is 2.35. The maximum Gasteiger partial charge on any atom is 0.273 e. The van der Waals surface area contributed by atoms with E-state index >= 15 is 0 Å². The van der Waals surface area contributed by atoms with Crippen molar-refractivity contribution in [3.63, 3.8) is 0 Å². The van der Waals surface area contributed by atoms with Crippen LogP contribution in [0, 0.1) is 28.5 Å². The molecule has 35 heavy (non-hydrogen) atoms. The quantitative estimate of drug-likeness (QED) is 0.530. The van der Waals surface area contributed by atoms with Crippen molar-refractivity contribution >= 4 is 28.6 Å². The van der Waals surface area contributed by atoms with E-state index in [1.165, 1.54) is 18.2 Å². The summed E-state index contributed by atoms with van der Waals surface area (Å²) in [6, 6.07) is 5.36. The van der Waals surface area contributed by atoms with E-state index in [-0.39, 0.29) is 23.4 Å². The van der Waals surface area contributed by atoms with Crippen LogP contribution in [0.15, 0.2) is 18.2 Å². The van der Waals surface area contributed by atoms with E-state index < -0.39 is 23.2 Å². The van der Waals surface area contributed by atoms with Gasteiger partial charge in [0.2, 0.25) is 11.8 Å². The molecule has 2 heterocycles. The summed E-state index contributed by atoms with van der Waals surface area (Å²) in [7, 11) is 1.74. The average Bonchev–Trinajstić information content (AvgIpc) is 3.31. The van der Waals surface area contributed by atoms with Crippen molar-refractivity contribution in [2.24, 2.45) is 11.3 Å². The molecule has 1 aromatic heterocycles. The smallest absolute Gasteiger partial charge is 0.273 e. The van der Waals surface area contributed by atoms with Crippen molar-refractivity contribution in [3.05, 3.63) is 29.7 Å². The molecule has 1 aliphatic heterocycles. The molecule has 0 bridgehead atoms. The van der Waals surface area contributed by atoms with Crippen LogP contribution in [0.4, 0.5) is 4.39 Å². The molecule has 1 saturated heterocycles. The number of aromatic nitrogens is 2. The van der Waals surface area contributed by atoms with Gasteiger partial charge < -0.3 is 15.5 Å². The summed E-state index contributed by atoms with van der Waals surface area (Å²) in [5, 5.41) is 19.4. The van der Waals surface area contributed by atoms with Crippen LogP contribution in [0.5, 0.6) is 0 Å². The van der Waals surface area contributed by atoms with Crippen LogP contribution >= 0.6 is 0 Å². The van der Waals surface area contributed by atoms with E-state index in [1.807, 2.05) is 20.8 Å². The minimum atomic E-state index is -0.846. The molecule has 0 saturated carbocycles. The van der Waals surface area contributed by atoms with Gasteiger partial charge in [-0.25, -0.2) is 4.39 Å². The third kappa shape index (κ3) is 6.35. The summed E-state index contributed by atoms with van der Waals surface area (Å²) >= 11 is 0. The lowest BCUT2D eigenvalue weighted by molar-refractivity contribution is -0.127. The van der Waals surface area contributed by atoms with Crippen LogP contribution in [0.3, 0.4) is 0 Å². The Bertz CT molecular complexity index is 1150. The van der Waals surface area contributed by atoms with Crippen molar-refractivity contribution in [2.75, 3.05) is 20.1 Å². The summed E-state index contributed by atoms with van der Waals surface area (Å²) in [5.74, 6) is -1.22. The van der Waals surface area contributed by atoms with Crippen LogP contribution in [-0.2, 0) is 16.1 Å². The SMILES string of the molecule is CN1CC(CNC(=O)C(NC(=O)c2nn(CCCCC#N)c3cc(F)ccc23)C(C)(C)C)CC1=O. The van der Waals surface area contributed by atoms with Gasteiger partial charge in [0.1, 0.15) is 11.9 Å². The molecule has 10 heteroatoms. The Morgan fingerprint density at radius 3 is 2.69 bits per heavy atom. The molecule has 188 valence electrons. The maximum absolute atomic E-state index is 13.9.